The second kappa shape index (κ2) is 10.0. The van der Waals surface area contributed by atoms with Crippen LogP contribution in [0.15, 0.2) is 58.6 Å². The Kier molecular flexibility index (Phi) is 6.92. The highest BCUT2D eigenvalue weighted by Gasteiger charge is 2.35. The van der Waals surface area contributed by atoms with E-state index in [1.165, 1.54) is 25.7 Å². The molecule has 0 aromatic heterocycles. The summed E-state index contributed by atoms with van der Waals surface area (Å²) in [6.07, 6.45) is 5.61. The van der Waals surface area contributed by atoms with E-state index in [0.717, 1.165) is 34.1 Å². The Bertz CT molecular complexity index is 1100. The van der Waals surface area contributed by atoms with Crippen LogP contribution in [0.4, 0.5) is 0 Å². The molecule has 1 amide bonds. The molecule has 31 heavy (non-hydrogen) atoms. The molecular formula is C24H28N4O2S. The molecular weight excluding hydrogens is 408 g/mol. The van der Waals surface area contributed by atoms with Crippen molar-refractivity contribution >= 4 is 28.5 Å². The molecule has 1 N–H and O–H groups in total. The van der Waals surface area contributed by atoms with Gasteiger partial charge in [-0.3, -0.25) is 15.1 Å². The zero-order valence-corrected chi connectivity index (χ0v) is 18.8. The van der Waals surface area contributed by atoms with Crippen LogP contribution in [-0.2, 0) is 4.79 Å². The normalized spacial score (nSPS) is 17.3. The number of nitrogens with zero attached hydrogens (tertiary/aromatic N) is 3. The van der Waals surface area contributed by atoms with Gasteiger partial charge in [0.05, 0.1) is 12.5 Å². The first-order valence-electron chi connectivity index (χ1n) is 10.8. The number of amides is 1. The predicted molar refractivity (Wildman–Crippen MR) is 125 cm³/mol. The molecule has 1 atom stereocenters. The van der Waals surface area contributed by atoms with Crippen LogP contribution in [0.25, 0.3) is 5.70 Å². The monoisotopic (exact) mass is 436 g/mol. The summed E-state index contributed by atoms with van der Waals surface area (Å²) in [5.41, 5.74) is 1.40. The van der Waals surface area contributed by atoms with Crippen molar-refractivity contribution in [3.8, 4) is 5.75 Å². The average Bonchev–Trinajstić information content (AvgIpc) is 2.80. The van der Waals surface area contributed by atoms with Crippen LogP contribution in [0.1, 0.15) is 50.8 Å². The number of benzene rings is 2. The molecule has 0 saturated heterocycles. The molecule has 2 heterocycles. The third-order valence-electron chi connectivity index (χ3n) is 5.42. The predicted octanol–water partition coefficient (Wildman–Crippen LogP) is 3.54. The van der Waals surface area contributed by atoms with Gasteiger partial charge in [0.2, 0.25) is 0 Å². The zero-order valence-electron chi connectivity index (χ0n) is 18.0. The smallest absolute Gasteiger partial charge is 0.276 e. The molecule has 4 rings (SSSR count). The molecule has 0 bridgehead atoms. The van der Waals surface area contributed by atoms with Crippen LogP contribution in [0.5, 0.6) is 5.75 Å². The minimum absolute atomic E-state index is 0.147. The van der Waals surface area contributed by atoms with Crippen molar-refractivity contribution < 1.29 is 9.53 Å². The van der Waals surface area contributed by atoms with Crippen molar-refractivity contribution in [1.82, 2.24) is 10.3 Å². The van der Waals surface area contributed by atoms with Gasteiger partial charge in [-0.05, 0) is 18.6 Å². The van der Waals surface area contributed by atoms with Gasteiger partial charge < -0.3 is 4.74 Å². The number of hydrazone groups is 1. The van der Waals surface area contributed by atoms with E-state index in [2.05, 4.69) is 12.2 Å². The molecule has 1 unspecified atom stereocenters. The van der Waals surface area contributed by atoms with Crippen LogP contribution in [0.2, 0.25) is 0 Å². The minimum Gasteiger partial charge on any atom is -0.496 e. The Balaban J connectivity index is 1.68. The third-order valence-corrected chi connectivity index (χ3v) is 6.37. The first kappa shape index (κ1) is 21.4. The maximum Gasteiger partial charge on any atom is 0.276 e. The summed E-state index contributed by atoms with van der Waals surface area (Å²) in [6.45, 7) is 2.22. The fourth-order valence-electron chi connectivity index (χ4n) is 3.85. The maximum atomic E-state index is 13.2. The second-order valence-electron chi connectivity index (χ2n) is 7.58. The van der Waals surface area contributed by atoms with Gasteiger partial charge in [-0.15, -0.1) is 5.10 Å². The summed E-state index contributed by atoms with van der Waals surface area (Å²) < 4.78 is 5.58. The van der Waals surface area contributed by atoms with Crippen LogP contribution < -0.4 is 20.6 Å². The Morgan fingerprint density at radius 3 is 2.68 bits per heavy atom. The highest BCUT2D eigenvalue weighted by Crippen LogP contribution is 2.35. The Hall–Kier alpha value is -2.80. The lowest BCUT2D eigenvalue weighted by Gasteiger charge is -2.34. The number of fused-ring (bicyclic) bond motifs is 2. The van der Waals surface area contributed by atoms with Gasteiger partial charge in [-0.25, -0.2) is 5.01 Å². The van der Waals surface area contributed by atoms with Crippen molar-refractivity contribution in [3.63, 3.8) is 0 Å². The van der Waals surface area contributed by atoms with Gasteiger partial charge in [0, 0.05) is 16.5 Å². The largest absolute Gasteiger partial charge is 0.496 e. The van der Waals surface area contributed by atoms with E-state index in [-0.39, 0.29) is 5.91 Å². The summed E-state index contributed by atoms with van der Waals surface area (Å²) in [6, 6.07) is 15.5. The number of para-hydroxylation sites is 2. The average molecular weight is 437 g/mol. The summed E-state index contributed by atoms with van der Waals surface area (Å²) in [7, 11) is 1.65. The molecule has 7 heteroatoms. The van der Waals surface area contributed by atoms with Crippen molar-refractivity contribution in [2.45, 2.75) is 45.2 Å². The van der Waals surface area contributed by atoms with Gasteiger partial charge in [-0.1, -0.05) is 80.8 Å². The molecule has 0 saturated carbocycles. The van der Waals surface area contributed by atoms with Crippen molar-refractivity contribution in [2.75, 3.05) is 12.9 Å². The Morgan fingerprint density at radius 1 is 1.06 bits per heavy atom. The SMILES string of the molecule is CCCCCCCSC1=NN2C(=c3ccccc3=NC2c2ccccc2OC)C(=O)N1. The van der Waals surface area contributed by atoms with E-state index in [0.29, 0.717) is 10.9 Å². The number of hydrogen-bond donors (Lipinski definition) is 1. The van der Waals surface area contributed by atoms with Gasteiger partial charge in [0.25, 0.3) is 5.91 Å². The minimum atomic E-state index is -0.466. The number of carbonyl (C=O) groups is 1. The van der Waals surface area contributed by atoms with E-state index in [4.69, 9.17) is 14.8 Å². The first-order chi connectivity index (χ1) is 15.2. The molecule has 162 valence electrons. The third kappa shape index (κ3) is 4.61. The number of carbonyl (C=O) groups excluding carboxylic acids is 1. The number of methoxy groups -OCH3 is 1. The summed E-state index contributed by atoms with van der Waals surface area (Å²) >= 11 is 1.59. The number of nitrogens with one attached hydrogen (secondary N) is 1. The van der Waals surface area contributed by atoms with Crippen LogP contribution in [-0.4, -0.2) is 28.9 Å². The number of unbranched alkanes of at least 4 members (excludes halogenated alkanes) is 4. The number of hydrogen-bond acceptors (Lipinski definition) is 6. The van der Waals surface area contributed by atoms with Gasteiger partial charge >= 0.3 is 0 Å². The summed E-state index contributed by atoms with van der Waals surface area (Å²) in [5.74, 6) is 1.51. The lowest BCUT2D eigenvalue weighted by Crippen LogP contribution is -2.50. The summed E-state index contributed by atoms with van der Waals surface area (Å²) in [5, 5.41) is 11.7. The van der Waals surface area contributed by atoms with Crippen molar-refractivity contribution in [2.24, 2.45) is 10.1 Å². The first-order valence-corrected chi connectivity index (χ1v) is 11.8. The second-order valence-corrected chi connectivity index (χ2v) is 8.66. The van der Waals surface area contributed by atoms with Gasteiger partial charge in [-0.2, -0.15) is 0 Å². The molecule has 0 spiro atoms. The van der Waals surface area contributed by atoms with Crippen LogP contribution in [0, 0.1) is 0 Å². The maximum absolute atomic E-state index is 13.2. The summed E-state index contributed by atoms with van der Waals surface area (Å²) in [4.78, 5) is 18.1. The zero-order chi connectivity index (χ0) is 21.6. The Morgan fingerprint density at radius 2 is 1.84 bits per heavy atom. The van der Waals surface area contributed by atoms with E-state index < -0.39 is 6.17 Å². The van der Waals surface area contributed by atoms with E-state index in [9.17, 15) is 4.79 Å². The topological polar surface area (TPSA) is 66.3 Å². The quantitative estimate of drug-likeness (QED) is 0.643. The molecule has 0 radical (unpaired) electrons. The highest BCUT2D eigenvalue weighted by atomic mass is 32.2. The lowest BCUT2D eigenvalue weighted by molar-refractivity contribution is -0.116. The van der Waals surface area contributed by atoms with Gasteiger partial charge in [0.15, 0.2) is 11.3 Å². The van der Waals surface area contributed by atoms with E-state index in [1.54, 1.807) is 23.9 Å². The molecule has 0 fully saturated rings. The molecule has 6 nitrogen and oxygen atoms in total. The standard InChI is InChI=1S/C24H28N4O2S/c1-3-4-5-6-11-16-31-24-26-23(29)21-17-12-7-9-14-19(17)25-22(28(21)27-24)18-13-8-10-15-20(18)30-2/h7-10,12-15,22H,3-6,11,16H2,1-2H3,(H,26,27,29). The molecule has 2 aliphatic heterocycles. The number of rotatable bonds is 8. The van der Waals surface area contributed by atoms with Crippen LogP contribution >= 0.6 is 11.8 Å². The van der Waals surface area contributed by atoms with Crippen molar-refractivity contribution in [1.29, 1.82) is 0 Å². The molecule has 2 aliphatic rings. The fourth-order valence-corrected chi connectivity index (χ4v) is 4.70. The van der Waals surface area contributed by atoms with E-state index in [1.807, 2.05) is 48.5 Å². The van der Waals surface area contributed by atoms with Crippen molar-refractivity contribution in [3.05, 3.63) is 64.7 Å². The highest BCUT2D eigenvalue weighted by molar-refractivity contribution is 8.13. The van der Waals surface area contributed by atoms with Gasteiger partial charge in [0.1, 0.15) is 11.4 Å². The lowest BCUT2D eigenvalue weighted by atomic mass is 10.1. The number of thioether (sulfide) groups is 1. The molecule has 2 aromatic rings. The van der Waals surface area contributed by atoms with E-state index >= 15 is 0 Å². The van der Waals surface area contributed by atoms with Crippen LogP contribution in [0.3, 0.4) is 0 Å². The fraction of sp³-hybridized carbons (Fsp3) is 0.375. The Labute approximate surface area is 187 Å². The number of amidine groups is 1. The number of ether oxygens (including phenoxy) is 1. The molecule has 2 aromatic carbocycles. The molecule has 0 aliphatic carbocycles.